The maximum absolute atomic E-state index is 12.7. The average Bonchev–Trinajstić information content (AvgIpc) is 3.08. The number of unbranched alkanes of at least 4 members (excludes halogenated alkanes) is 20. The first-order valence-electron chi connectivity index (χ1n) is 19.8. The Labute approximate surface area is 293 Å². The number of hydrogen-bond donors (Lipinski definition) is 4. The van der Waals surface area contributed by atoms with Crippen molar-refractivity contribution < 1.29 is 44.2 Å². The van der Waals surface area contributed by atoms with Crippen molar-refractivity contribution in [3.05, 3.63) is 12.2 Å². The molecule has 4 N–H and O–H groups in total. The minimum absolute atomic E-state index is 0.112. The summed E-state index contributed by atoms with van der Waals surface area (Å²) in [5.74, 6) is -0.324. The molecular formula is C39H74O9. The molecule has 0 aromatic rings. The second-order valence-corrected chi connectivity index (χ2v) is 13.7. The molecule has 1 aliphatic rings. The molecule has 1 rings (SSSR count). The lowest BCUT2D eigenvalue weighted by Gasteiger charge is -2.39. The van der Waals surface area contributed by atoms with E-state index in [1.54, 1.807) is 0 Å². The summed E-state index contributed by atoms with van der Waals surface area (Å²) in [7, 11) is 0. The van der Waals surface area contributed by atoms with Gasteiger partial charge in [0.2, 0.25) is 0 Å². The van der Waals surface area contributed by atoms with Crippen molar-refractivity contribution in [3.8, 4) is 0 Å². The van der Waals surface area contributed by atoms with Crippen molar-refractivity contribution in [3.63, 3.8) is 0 Å². The van der Waals surface area contributed by atoms with Crippen LogP contribution in [0.3, 0.4) is 0 Å². The largest absolute Gasteiger partial charge is 0.457 e. The van der Waals surface area contributed by atoms with Crippen molar-refractivity contribution in [1.82, 2.24) is 0 Å². The number of esters is 1. The van der Waals surface area contributed by atoms with E-state index in [1.807, 2.05) is 0 Å². The van der Waals surface area contributed by atoms with Gasteiger partial charge in [-0.1, -0.05) is 142 Å². The van der Waals surface area contributed by atoms with E-state index >= 15 is 0 Å². The van der Waals surface area contributed by atoms with Gasteiger partial charge in [-0.2, -0.15) is 0 Å². The van der Waals surface area contributed by atoms with Gasteiger partial charge in [-0.15, -0.1) is 0 Å². The quantitative estimate of drug-likeness (QED) is 0.0311. The minimum Gasteiger partial charge on any atom is -0.457 e. The van der Waals surface area contributed by atoms with E-state index in [0.29, 0.717) is 13.0 Å². The summed E-state index contributed by atoms with van der Waals surface area (Å²) in [5, 5.41) is 39.9. The molecule has 0 spiro atoms. The zero-order chi connectivity index (χ0) is 35.1. The normalized spacial score (nSPS) is 22.0. The summed E-state index contributed by atoms with van der Waals surface area (Å²) in [4.78, 5) is 12.7. The SMILES string of the molecule is CCC/C=C\CCCCCCCC(=O)OC(COCCCCCCCCCCCCCCCCC)COC1OC(CO)C(O)C(O)C1O. The van der Waals surface area contributed by atoms with Gasteiger partial charge in [0.1, 0.15) is 30.5 Å². The Morgan fingerprint density at radius 3 is 1.77 bits per heavy atom. The van der Waals surface area contributed by atoms with Gasteiger partial charge in [-0.25, -0.2) is 0 Å². The van der Waals surface area contributed by atoms with Gasteiger partial charge in [-0.3, -0.25) is 4.79 Å². The summed E-state index contributed by atoms with van der Waals surface area (Å²) < 4.78 is 22.7. The molecule has 284 valence electrons. The molecule has 6 unspecified atom stereocenters. The summed E-state index contributed by atoms with van der Waals surface area (Å²) in [5.41, 5.74) is 0. The number of hydrogen-bond acceptors (Lipinski definition) is 9. The first-order valence-corrected chi connectivity index (χ1v) is 19.8. The molecule has 0 bridgehead atoms. The van der Waals surface area contributed by atoms with E-state index in [0.717, 1.165) is 51.4 Å². The van der Waals surface area contributed by atoms with Gasteiger partial charge in [0, 0.05) is 13.0 Å². The van der Waals surface area contributed by atoms with E-state index in [-0.39, 0.29) is 19.2 Å². The molecule has 9 nitrogen and oxygen atoms in total. The Kier molecular flexibility index (Phi) is 29.9. The lowest BCUT2D eigenvalue weighted by atomic mass is 9.99. The Balaban J connectivity index is 2.29. The Morgan fingerprint density at radius 2 is 1.19 bits per heavy atom. The monoisotopic (exact) mass is 687 g/mol. The highest BCUT2D eigenvalue weighted by Crippen LogP contribution is 2.22. The molecule has 0 aliphatic carbocycles. The van der Waals surface area contributed by atoms with E-state index in [9.17, 15) is 25.2 Å². The van der Waals surface area contributed by atoms with Crippen LogP contribution in [0.1, 0.15) is 168 Å². The fraction of sp³-hybridized carbons (Fsp3) is 0.923. The zero-order valence-electron chi connectivity index (χ0n) is 30.7. The Bertz CT molecular complexity index is 747. The maximum atomic E-state index is 12.7. The fourth-order valence-electron chi connectivity index (χ4n) is 6.02. The van der Waals surface area contributed by atoms with Crippen molar-refractivity contribution in [2.45, 2.75) is 205 Å². The molecule has 1 aliphatic heterocycles. The molecule has 0 aromatic heterocycles. The third kappa shape index (κ3) is 23.4. The van der Waals surface area contributed by atoms with Crippen LogP contribution in [0.5, 0.6) is 0 Å². The van der Waals surface area contributed by atoms with E-state index in [4.69, 9.17) is 18.9 Å². The van der Waals surface area contributed by atoms with Gasteiger partial charge in [0.05, 0.1) is 19.8 Å². The summed E-state index contributed by atoms with van der Waals surface area (Å²) in [6.45, 7) is 4.49. The summed E-state index contributed by atoms with van der Waals surface area (Å²) in [6.07, 6.45) is 25.3. The molecule has 0 aromatic carbocycles. The second kappa shape index (κ2) is 31.9. The van der Waals surface area contributed by atoms with E-state index < -0.39 is 43.4 Å². The van der Waals surface area contributed by atoms with Gasteiger partial charge in [0.25, 0.3) is 0 Å². The third-order valence-electron chi connectivity index (χ3n) is 9.16. The minimum atomic E-state index is -1.53. The third-order valence-corrected chi connectivity index (χ3v) is 9.16. The molecule has 1 fully saturated rings. The molecule has 1 saturated heterocycles. The van der Waals surface area contributed by atoms with Crippen LogP contribution in [0, 0.1) is 0 Å². The molecule has 0 amide bonds. The maximum Gasteiger partial charge on any atom is 0.306 e. The molecule has 1 heterocycles. The molecule has 0 saturated carbocycles. The average molecular weight is 687 g/mol. The van der Waals surface area contributed by atoms with Crippen LogP contribution < -0.4 is 0 Å². The molecule has 0 radical (unpaired) electrons. The number of ether oxygens (including phenoxy) is 4. The number of carbonyl (C=O) groups is 1. The van der Waals surface area contributed by atoms with Gasteiger partial charge in [-0.05, 0) is 32.1 Å². The Hall–Kier alpha value is -1.07. The highest BCUT2D eigenvalue weighted by molar-refractivity contribution is 5.69. The standard InChI is InChI=1S/C39H74O9/c1-3-5-7-9-11-13-15-16-17-18-19-21-23-25-27-29-45-31-33(32-46-39-38(44)37(43)36(42)34(30-40)48-39)47-35(41)28-26-24-22-20-14-12-10-8-6-4-2/h8,10,33-34,36-40,42-44H,3-7,9,11-32H2,1-2H3/b10-8-. The summed E-state index contributed by atoms with van der Waals surface area (Å²) in [6, 6.07) is 0. The van der Waals surface area contributed by atoms with Crippen LogP contribution in [-0.4, -0.2) is 89.6 Å². The van der Waals surface area contributed by atoms with Crippen LogP contribution in [0.4, 0.5) is 0 Å². The van der Waals surface area contributed by atoms with Crippen LogP contribution in [0.25, 0.3) is 0 Å². The number of aliphatic hydroxyl groups excluding tert-OH is 4. The van der Waals surface area contributed by atoms with Crippen molar-refractivity contribution in [2.75, 3.05) is 26.4 Å². The smallest absolute Gasteiger partial charge is 0.306 e. The van der Waals surface area contributed by atoms with Crippen molar-refractivity contribution >= 4 is 5.97 Å². The van der Waals surface area contributed by atoms with Crippen molar-refractivity contribution in [2.24, 2.45) is 0 Å². The molecular weight excluding hydrogens is 612 g/mol. The summed E-state index contributed by atoms with van der Waals surface area (Å²) >= 11 is 0. The highest BCUT2D eigenvalue weighted by atomic mass is 16.7. The van der Waals surface area contributed by atoms with Crippen LogP contribution in [0.15, 0.2) is 12.2 Å². The van der Waals surface area contributed by atoms with E-state index in [1.165, 1.54) is 96.3 Å². The van der Waals surface area contributed by atoms with Crippen LogP contribution in [0.2, 0.25) is 0 Å². The number of aliphatic hydroxyl groups is 4. The molecule has 6 atom stereocenters. The zero-order valence-corrected chi connectivity index (χ0v) is 30.7. The highest BCUT2D eigenvalue weighted by Gasteiger charge is 2.44. The van der Waals surface area contributed by atoms with Gasteiger partial charge >= 0.3 is 5.97 Å². The molecule has 48 heavy (non-hydrogen) atoms. The van der Waals surface area contributed by atoms with Crippen LogP contribution >= 0.6 is 0 Å². The predicted octanol–water partition coefficient (Wildman–Crippen LogP) is 7.69. The predicted molar refractivity (Wildman–Crippen MR) is 192 cm³/mol. The van der Waals surface area contributed by atoms with Crippen LogP contribution in [-0.2, 0) is 23.7 Å². The fourth-order valence-corrected chi connectivity index (χ4v) is 6.02. The van der Waals surface area contributed by atoms with Crippen molar-refractivity contribution in [1.29, 1.82) is 0 Å². The number of rotatable bonds is 33. The lowest BCUT2D eigenvalue weighted by molar-refractivity contribution is -0.305. The second-order valence-electron chi connectivity index (χ2n) is 13.7. The molecule has 9 heteroatoms. The topological polar surface area (TPSA) is 135 Å². The Morgan fingerprint density at radius 1 is 0.646 bits per heavy atom. The first-order chi connectivity index (χ1) is 23.4. The van der Waals surface area contributed by atoms with E-state index in [2.05, 4.69) is 26.0 Å². The lowest BCUT2D eigenvalue weighted by Crippen LogP contribution is -2.59. The van der Waals surface area contributed by atoms with Gasteiger partial charge in [0.15, 0.2) is 6.29 Å². The number of allylic oxidation sites excluding steroid dienone is 2. The first kappa shape index (κ1) is 45.0. The number of carbonyl (C=O) groups excluding carboxylic acids is 1. The van der Waals surface area contributed by atoms with Gasteiger partial charge < -0.3 is 39.4 Å².